The molecule has 4 nitrogen and oxygen atoms in total. The van der Waals surface area contributed by atoms with Crippen molar-refractivity contribution in [1.82, 2.24) is 18.8 Å². The molecular formula is C52H48N4S3. The molecule has 0 bridgehead atoms. The van der Waals surface area contributed by atoms with Gasteiger partial charge in [-0.1, -0.05) is 152 Å². The molecule has 7 heteroatoms. The van der Waals surface area contributed by atoms with Crippen LogP contribution in [-0.4, -0.2) is 18.8 Å². The average Bonchev–Trinajstić information content (AvgIpc) is 3.93. The third kappa shape index (κ3) is 5.26. The minimum absolute atomic E-state index is 0.0864. The second-order valence-electron chi connectivity index (χ2n) is 19.6. The van der Waals surface area contributed by atoms with Crippen LogP contribution in [-0.2, 0) is 21.7 Å². The molecule has 0 amide bonds. The van der Waals surface area contributed by atoms with Crippen molar-refractivity contribution in [3.63, 3.8) is 0 Å². The first-order valence-corrected chi connectivity index (χ1v) is 23.1. The lowest BCUT2D eigenvalue weighted by Gasteiger charge is -2.43. The molecule has 0 aliphatic carbocycles. The number of hydrogen-bond donors (Lipinski definition) is 0. The van der Waals surface area contributed by atoms with Crippen LogP contribution < -0.4 is 0 Å². The smallest absolute Gasteiger partial charge is 0.195 e. The van der Waals surface area contributed by atoms with Gasteiger partial charge in [0.25, 0.3) is 0 Å². The Morgan fingerprint density at radius 3 is 1.25 bits per heavy atom. The molecule has 11 rings (SSSR count). The summed E-state index contributed by atoms with van der Waals surface area (Å²) in [7, 11) is 0. The Morgan fingerprint density at radius 1 is 0.458 bits per heavy atom. The molecule has 0 saturated heterocycles. The summed E-state index contributed by atoms with van der Waals surface area (Å²) in [6.45, 7) is 24.1. The van der Waals surface area contributed by atoms with Gasteiger partial charge in [0, 0.05) is 20.9 Å². The van der Waals surface area contributed by atoms with Crippen LogP contribution in [0.4, 0.5) is 0 Å². The van der Waals surface area contributed by atoms with Crippen molar-refractivity contribution in [2.75, 3.05) is 0 Å². The van der Waals surface area contributed by atoms with E-state index in [4.69, 9.17) is 9.97 Å². The van der Waals surface area contributed by atoms with Gasteiger partial charge in [-0.05, 0) is 116 Å². The summed E-state index contributed by atoms with van der Waals surface area (Å²) in [4.78, 5) is 14.9. The maximum atomic E-state index is 5.07. The van der Waals surface area contributed by atoms with Crippen LogP contribution in [0, 0.1) is 0 Å². The fourth-order valence-electron chi connectivity index (χ4n) is 9.62. The van der Waals surface area contributed by atoms with Crippen LogP contribution in [0.3, 0.4) is 0 Å². The molecule has 10 aromatic rings. The third-order valence-electron chi connectivity index (χ3n) is 13.5. The number of hydrogen-bond acceptors (Lipinski definition) is 5. The van der Waals surface area contributed by atoms with E-state index in [1.807, 2.05) is 34.4 Å². The van der Waals surface area contributed by atoms with Gasteiger partial charge in [-0.15, -0.1) is 0 Å². The molecule has 0 N–H and O–H groups in total. The molecule has 1 aliphatic rings. The third-order valence-corrected chi connectivity index (χ3v) is 16.8. The highest BCUT2D eigenvalue weighted by atomic mass is 32.2. The maximum Gasteiger partial charge on any atom is 0.195 e. The second-order valence-corrected chi connectivity index (χ2v) is 22.6. The SMILES string of the molecule is CC(C)(C)c1cc2c(cc1-c1cccc3c1sc1nc4ccccc4n13)C(C)(C)C(C)(C)c1cc(-c3cccc4c3sc3nc5ccccc5n34)c(C(C)(C)C)cc1S2. The van der Waals surface area contributed by atoms with Gasteiger partial charge < -0.3 is 0 Å². The van der Waals surface area contributed by atoms with E-state index in [9.17, 15) is 0 Å². The van der Waals surface area contributed by atoms with Gasteiger partial charge in [0.15, 0.2) is 9.92 Å². The van der Waals surface area contributed by atoms with Crippen LogP contribution in [0.1, 0.15) is 91.5 Å². The molecule has 1 aliphatic heterocycles. The van der Waals surface area contributed by atoms with Crippen molar-refractivity contribution in [2.24, 2.45) is 0 Å². The molecule has 0 atom stereocenters. The summed E-state index contributed by atoms with van der Waals surface area (Å²) in [6.07, 6.45) is 0. The van der Waals surface area contributed by atoms with Crippen LogP contribution in [0.5, 0.6) is 0 Å². The highest BCUT2D eigenvalue weighted by Crippen LogP contribution is 2.57. The van der Waals surface area contributed by atoms with Crippen LogP contribution >= 0.6 is 34.4 Å². The Hall–Kier alpha value is -4.95. The van der Waals surface area contributed by atoms with E-state index in [2.05, 4.69) is 187 Å². The average molecular weight is 825 g/mol. The number of para-hydroxylation sites is 4. The lowest BCUT2D eigenvalue weighted by atomic mass is 9.60. The quantitative estimate of drug-likeness (QED) is 0.174. The highest BCUT2D eigenvalue weighted by molar-refractivity contribution is 7.99. The highest BCUT2D eigenvalue weighted by Gasteiger charge is 2.46. The number of aromatic nitrogens is 4. The topological polar surface area (TPSA) is 34.6 Å². The zero-order chi connectivity index (χ0) is 41.0. The van der Waals surface area contributed by atoms with Gasteiger partial charge in [-0.25, -0.2) is 9.97 Å². The molecule has 0 radical (unpaired) electrons. The molecule has 0 spiro atoms. The van der Waals surface area contributed by atoms with Gasteiger partial charge in [0.05, 0.1) is 42.5 Å². The molecule has 4 aromatic heterocycles. The Balaban J connectivity index is 1.13. The van der Waals surface area contributed by atoms with Crippen molar-refractivity contribution in [3.8, 4) is 22.3 Å². The zero-order valence-electron chi connectivity index (χ0n) is 35.4. The minimum atomic E-state index is -0.213. The van der Waals surface area contributed by atoms with Crippen LogP contribution in [0.2, 0.25) is 0 Å². The predicted molar refractivity (Wildman–Crippen MR) is 255 cm³/mol. The number of rotatable bonds is 2. The lowest BCUT2D eigenvalue weighted by Crippen LogP contribution is -2.40. The molecule has 0 saturated carbocycles. The number of fused-ring (bicyclic) bond motifs is 12. The summed E-state index contributed by atoms with van der Waals surface area (Å²) in [5.74, 6) is 0. The van der Waals surface area contributed by atoms with E-state index in [-0.39, 0.29) is 21.7 Å². The molecule has 0 unspecified atom stereocenters. The molecule has 294 valence electrons. The van der Waals surface area contributed by atoms with Crippen LogP contribution in [0.25, 0.3) is 74.7 Å². The van der Waals surface area contributed by atoms with E-state index in [1.54, 1.807) is 0 Å². The van der Waals surface area contributed by atoms with Crippen molar-refractivity contribution >= 4 is 86.9 Å². The largest absolute Gasteiger partial charge is 0.283 e. The molecular weight excluding hydrogens is 777 g/mol. The number of nitrogens with zero attached hydrogens (tertiary/aromatic N) is 4. The lowest BCUT2D eigenvalue weighted by molar-refractivity contribution is 0.296. The van der Waals surface area contributed by atoms with E-state index in [1.165, 1.54) is 74.7 Å². The Labute approximate surface area is 358 Å². The summed E-state index contributed by atoms with van der Waals surface area (Å²) < 4.78 is 7.27. The summed E-state index contributed by atoms with van der Waals surface area (Å²) >= 11 is 5.59. The molecule has 59 heavy (non-hydrogen) atoms. The summed E-state index contributed by atoms with van der Waals surface area (Å²) in [6, 6.07) is 40.9. The van der Waals surface area contributed by atoms with Crippen molar-refractivity contribution in [3.05, 3.63) is 131 Å². The van der Waals surface area contributed by atoms with E-state index < -0.39 is 0 Å². The standard InChI is InChI=1S/C52H48N4S3/c1-49(2,3)33-27-43-35(25-31(33)29-17-15-23-41-45(29)58-47-53-37-19-11-13-21-39(37)55(41)47)51(7,8)52(9,10)36-26-32(34(50(4,5)6)28-44(36)57-43)30-18-16-24-42-46(30)59-48-54-38-20-12-14-22-40(38)56(42)48/h11-28H,1-10H3. The van der Waals surface area contributed by atoms with Gasteiger partial charge in [0.1, 0.15) is 0 Å². The van der Waals surface area contributed by atoms with E-state index in [0.29, 0.717) is 0 Å². The van der Waals surface area contributed by atoms with Gasteiger partial charge >= 0.3 is 0 Å². The van der Waals surface area contributed by atoms with Gasteiger partial charge in [0.2, 0.25) is 0 Å². The van der Waals surface area contributed by atoms with Crippen molar-refractivity contribution < 1.29 is 0 Å². The fraction of sp³-hybridized carbons (Fsp3) is 0.269. The predicted octanol–water partition coefficient (Wildman–Crippen LogP) is 15.4. The Bertz CT molecular complexity index is 3160. The van der Waals surface area contributed by atoms with Crippen molar-refractivity contribution in [2.45, 2.75) is 101 Å². The zero-order valence-corrected chi connectivity index (χ0v) is 37.9. The monoisotopic (exact) mass is 824 g/mol. The second kappa shape index (κ2) is 12.3. The maximum absolute atomic E-state index is 5.07. The van der Waals surface area contributed by atoms with Crippen molar-refractivity contribution in [1.29, 1.82) is 0 Å². The summed E-state index contributed by atoms with van der Waals surface area (Å²) in [5.41, 5.74) is 17.0. The fourth-order valence-corrected chi connectivity index (χ4v) is 13.4. The van der Waals surface area contributed by atoms with Gasteiger partial charge in [-0.2, -0.15) is 0 Å². The molecule has 0 fully saturated rings. The Morgan fingerprint density at radius 2 is 0.847 bits per heavy atom. The van der Waals surface area contributed by atoms with Crippen LogP contribution in [0.15, 0.2) is 119 Å². The first-order chi connectivity index (χ1) is 28.0. The number of thiazole rings is 2. The normalized spacial score (nSPS) is 15.5. The summed E-state index contributed by atoms with van der Waals surface area (Å²) in [5, 5.41) is 0. The molecule has 5 heterocycles. The number of benzene rings is 6. The molecule has 6 aromatic carbocycles. The number of imidazole rings is 2. The first kappa shape index (κ1) is 37.1. The van der Waals surface area contributed by atoms with E-state index >= 15 is 0 Å². The van der Waals surface area contributed by atoms with Gasteiger partial charge in [-0.3, -0.25) is 8.80 Å². The Kier molecular flexibility index (Phi) is 7.74. The minimum Gasteiger partial charge on any atom is -0.283 e. The van der Waals surface area contributed by atoms with E-state index in [0.717, 1.165) is 32.0 Å². The first-order valence-electron chi connectivity index (χ1n) is 20.7.